The van der Waals surface area contributed by atoms with E-state index in [1.54, 1.807) is 18.2 Å². The van der Waals surface area contributed by atoms with Crippen molar-refractivity contribution >= 4 is 45.7 Å². The Kier molecular flexibility index (Phi) is 6.13. The van der Waals surface area contributed by atoms with E-state index in [2.05, 4.69) is 0 Å². The van der Waals surface area contributed by atoms with Crippen LogP contribution in [0.3, 0.4) is 0 Å². The van der Waals surface area contributed by atoms with Gasteiger partial charge in [-0.2, -0.15) is 0 Å². The molecule has 1 aliphatic rings. The zero-order valence-corrected chi connectivity index (χ0v) is 17.9. The van der Waals surface area contributed by atoms with Gasteiger partial charge in [0, 0.05) is 5.56 Å². The number of para-hydroxylation sites is 1. The van der Waals surface area contributed by atoms with Crippen molar-refractivity contribution in [1.82, 2.24) is 4.90 Å². The lowest BCUT2D eigenvalue weighted by molar-refractivity contribution is -0.139. The number of fused-ring (bicyclic) bond motifs is 1. The molecule has 0 spiro atoms. The van der Waals surface area contributed by atoms with E-state index in [1.165, 1.54) is 18.1 Å². The highest BCUT2D eigenvalue weighted by atomic mass is 32.2. The minimum atomic E-state index is -1.14. The minimum absolute atomic E-state index is 0.160. The van der Waals surface area contributed by atoms with Crippen LogP contribution < -0.4 is 9.47 Å². The maximum absolute atomic E-state index is 13.0. The molecular formula is C24H19NO6S. The van der Waals surface area contributed by atoms with Crippen LogP contribution >= 0.6 is 11.8 Å². The monoisotopic (exact) mass is 449 g/mol. The Balaban J connectivity index is 1.60. The van der Waals surface area contributed by atoms with Crippen LogP contribution in [0.25, 0.3) is 16.8 Å². The van der Waals surface area contributed by atoms with Crippen molar-refractivity contribution in [2.75, 3.05) is 13.7 Å². The maximum Gasteiger partial charge on any atom is 0.341 e. The summed E-state index contributed by atoms with van der Waals surface area (Å²) in [5, 5.41) is 10.7. The third-order valence-electron chi connectivity index (χ3n) is 4.88. The van der Waals surface area contributed by atoms with Crippen LogP contribution in [0, 0.1) is 0 Å². The summed E-state index contributed by atoms with van der Waals surface area (Å²) in [6.07, 6.45) is 1.52. The fourth-order valence-electron chi connectivity index (χ4n) is 3.39. The number of rotatable bonds is 7. The van der Waals surface area contributed by atoms with Crippen molar-refractivity contribution in [1.29, 1.82) is 0 Å². The molecule has 0 aromatic heterocycles. The molecule has 1 saturated heterocycles. The lowest BCUT2D eigenvalue weighted by Gasteiger charge is -2.13. The fourth-order valence-corrected chi connectivity index (χ4v) is 4.22. The molecule has 0 radical (unpaired) electrons. The first-order chi connectivity index (χ1) is 15.5. The van der Waals surface area contributed by atoms with E-state index in [4.69, 9.17) is 14.6 Å². The molecule has 3 aromatic rings. The molecule has 0 aliphatic carbocycles. The van der Waals surface area contributed by atoms with E-state index in [-0.39, 0.29) is 22.4 Å². The standard InChI is InChI=1S/C24H19NO6S/c1-30-19-8-4-7-18(22(19)31-14-21(26)27)12-20-23(28)25(24(29)32-20)13-15-9-10-16-5-2-3-6-17(16)11-15/h2-12H,13-14H2,1H3,(H,26,27)/b20-12-. The van der Waals surface area contributed by atoms with E-state index in [0.29, 0.717) is 11.3 Å². The van der Waals surface area contributed by atoms with Gasteiger partial charge in [0.2, 0.25) is 0 Å². The molecule has 3 aromatic carbocycles. The lowest BCUT2D eigenvalue weighted by atomic mass is 10.1. The molecule has 7 nitrogen and oxygen atoms in total. The number of benzene rings is 3. The molecule has 0 bridgehead atoms. The van der Waals surface area contributed by atoms with Crippen LogP contribution in [-0.2, 0) is 16.1 Å². The summed E-state index contributed by atoms with van der Waals surface area (Å²) in [7, 11) is 1.43. The maximum atomic E-state index is 13.0. The van der Waals surface area contributed by atoms with Gasteiger partial charge in [-0.25, -0.2) is 4.79 Å². The number of amides is 2. The van der Waals surface area contributed by atoms with Crippen LogP contribution in [0.2, 0.25) is 0 Å². The zero-order valence-electron chi connectivity index (χ0n) is 17.1. The van der Waals surface area contributed by atoms with Gasteiger partial charge in [0.1, 0.15) is 0 Å². The second kappa shape index (κ2) is 9.15. The quantitative estimate of drug-likeness (QED) is 0.529. The van der Waals surface area contributed by atoms with Gasteiger partial charge < -0.3 is 14.6 Å². The first-order valence-corrected chi connectivity index (χ1v) is 10.5. The third-order valence-corrected chi connectivity index (χ3v) is 5.79. The molecule has 1 N–H and O–H groups in total. The number of aliphatic carboxylic acids is 1. The highest BCUT2D eigenvalue weighted by Crippen LogP contribution is 2.38. The van der Waals surface area contributed by atoms with Crippen LogP contribution in [0.5, 0.6) is 11.5 Å². The van der Waals surface area contributed by atoms with E-state index in [1.807, 2.05) is 42.5 Å². The highest BCUT2D eigenvalue weighted by molar-refractivity contribution is 8.18. The number of methoxy groups -OCH3 is 1. The Morgan fingerprint density at radius 3 is 2.59 bits per heavy atom. The van der Waals surface area contributed by atoms with E-state index < -0.39 is 18.5 Å². The molecule has 0 saturated carbocycles. The SMILES string of the molecule is COc1cccc(/C=C2\SC(=O)N(Cc3ccc4ccccc4c3)C2=O)c1OCC(=O)O. The second-order valence-corrected chi connectivity index (χ2v) is 8.00. The zero-order chi connectivity index (χ0) is 22.7. The smallest absolute Gasteiger partial charge is 0.341 e. The number of carboxylic acids is 1. The topological polar surface area (TPSA) is 93.1 Å². The highest BCUT2D eigenvalue weighted by Gasteiger charge is 2.35. The molecule has 32 heavy (non-hydrogen) atoms. The van der Waals surface area contributed by atoms with Crippen LogP contribution in [0.1, 0.15) is 11.1 Å². The molecule has 4 rings (SSSR count). The third kappa shape index (κ3) is 4.45. The van der Waals surface area contributed by atoms with Crippen molar-refractivity contribution in [3.05, 3.63) is 76.7 Å². The van der Waals surface area contributed by atoms with Gasteiger partial charge in [0.05, 0.1) is 18.6 Å². The fraction of sp³-hybridized carbons (Fsp3) is 0.125. The minimum Gasteiger partial charge on any atom is -0.493 e. The van der Waals surface area contributed by atoms with E-state index in [0.717, 1.165) is 28.1 Å². The second-order valence-electron chi connectivity index (χ2n) is 7.01. The molecule has 0 unspecified atom stereocenters. The Morgan fingerprint density at radius 2 is 1.84 bits per heavy atom. The van der Waals surface area contributed by atoms with Gasteiger partial charge in [-0.05, 0) is 46.3 Å². The van der Waals surface area contributed by atoms with Crippen molar-refractivity contribution in [3.63, 3.8) is 0 Å². The van der Waals surface area contributed by atoms with E-state index >= 15 is 0 Å². The van der Waals surface area contributed by atoms with Crippen molar-refractivity contribution in [3.8, 4) is 11.5 Å². The Labute approximate surface area is 188 Å². The average molecular weight is 449 g/mol. The lowest BCUT2D eigenvalue weighted by Crippen LogP contribution is -2.27. The summed E-state index contributed by atoms with van der Waals surface area (Å²) in [5.74, 6) is -1.04. The average Bonchev–Trinajstić information content (AvgIpc) is 3.05. The molecule has 1 fully saturated rings. The van der Waals surface area contributed by atoms with Gasteiger partial charge in [0.25, 0.3) is 11.1 Å². The summed E-state index contributed by atoms with van der Waals surface area (Å²) in [4.78, 5) is 37.9. The predicted molar refractivity (Wildman–Crippen MR) is 122 cm³/mol. The Morgan fingerprint density at radius 1 is 1.06 bits per heavy atom. The van der Waals surface area contributed by atoms with Gasteiger partial charge in [-0.3, -0.25) is 14.5 Å². The summed E-state index contributed by atoms with van der Waals surface area (Å²) in [5.41, 5.74) is 1.29. The van der Waals surface area contributed by atoms with Gasteiger partial charge in [0.15, 0.2) is 18.1 Å². The van der Waals surface area contributed by atoms with Crippen molar-refractivity contribution in [2.45, 2.75) is 6.54 Å². The van der Waals surface area contributed by atoms with Crippen LogP contribution in [0.15, 0.2) is 65.6 Å². The number of imide groups is 1. The number of carbonyl (C=O) groups excluding carboxylic acids is 2. The predicted octanol–water partition coefficient (Wildman–Crippen LogP) is 4.55. The van der Waals surface area contributed by atoms with Gasteiger partial charge >= 0.3 is 5.97 Å². The summed E-state index contributed by atoms with van der Waals surface area (Å²) in [6.45, 7) is -0.405. The number of hydrogen-bond acceptors (Lipinski definition) is 6. The summed E-state index contributed by atoms with van der Waals surface area (Å²) < 4.78 is 10.6. The first-order valence-electron chi connectivity index (χ1n) is 9.71. The molecule has 1 aliphatic heterocycles. The molecule has 1 heterocycles. The molecule has 0 atom stereocenters. The number of hydrogen-bond donors (Lipinski definition) is 1. The first kappa shape index (κ1) is 21.5. The number of carboxylic acid groups (broad SMARTS) is 1. The summed E-state index contributed by atoms with van der Waals surface area (Å²) in [6, 6.07) is 18.7. The number of nitrogens with zero attached hydrogens (tertiary/aromatic N) is 1. The van der Waals surface area contributed by atoms with Crippen LogP contribution in [-0.4, -0.2) is 40.8 Å². The summed E-state index contributed by atoms with van der Waals surface area (Å²) >= 11 is 0.832. The number of thioether (sulfide) groups is 1. The molecule has 8 heteroatoms. The van der Waals surface area contributed by atoms with Crippen molar-refractivity contribution < 1.29 is 29.0 Å². The Hall–Kier alpha value is -3.78. The number of ether oxygens (including phenoxy) is 2. The molecular weight excluding hydrogens is 430 g/mol. The molecule has 162 valence electrons. The number of carbonyl (C=O) groups is 3. The largest absolute Gasteiger partial charge is 0.493 e. The normalized spacial score (nSPS) is 14.9. The van der Waals surface area contributed by atoms with E-state index in [9.17, 15) is 14.4 Å². The van der Waals surface area contributed by atoms with Gasteiger partial charge in [-0.1, -0.05) is 48.5 Å². The van der Waals surface area contributed by atoms with Crippen LogP contribution in [0.4, 0.5) is 4.79 Å². The van der Waals surface area contributed by atoms with Crippen molar-refractivity contribution in [2.24, 2.45) is 0 Å². The van der Waals surface area contributed by atoms with Gasteiger partial charge in [-0.15, -0.1) is 0 Å². The molecule has 2 amide bonds. The Bertz CT molecular complexity index is 1250.